The molecule has 0 spiro atoms. The lowest BCUT2D eigenvalue weighted by atomic mass is 10.2. The van der Waals surface area contributed by atoms with Gasteiger partial charge in [0.05, 0.1) is 29.9 Å². The molecule has 2 aromatic carbocycles. The third-order valence-electron chi connectivity index (χ3n) is 5.79. The SMILES string of the molecule is COC(=O)c1ccccc1NC(=O)Cn1ncc2c(C)n(Cc3ccccc3Cl)c(C)c2c1=O. The number of rotatable bonds is 6. The summed E-state index contributed by atoms with van der Waals surface area (Å²) in [7, 11) is 1.27. The molecular formula is C25H23ClN4O4. The number of amides is 1. The highest BCUT2D eigenvalue weighted by Gasteiger charge is 2.19. The van der Waals surface area contributed by atoms with Crippen molar-refractivity contribution in [1.82, 2.24) is 14.3 Å². The number of esters is 1. The van der Waals surface area contributed by atoms with Gasteiger partial charge in [-0.15, -0.1) is 0 Å². The van der Waals surface area contributed by atoms with Crippen LogP contribution in [0, 0.1) is 13.8 Å². The lowest BCUT2D eigenvalue weighted by molar-refractivity contribution is -0.117. The first-order valence-electron chi connectivity index (χ1n) is 10.6. The van der Waals surface area contributed by atoms with Crippen LogP contribution in [0.5, 0.6) is 0 Å². The number of ether oxygens (including phenoxy) is 1. The van der Waals surface area contributed by atoms with Gasteiger partial charge in [0.1, 0.15) is 6.54 Å². The average molecular weight is 479 g/mol. The Morgan fingerprint density at radius 1 is 1.06 bits per heavy atom. The van der Waals surface area contributed by atoms with Crippen LogP contribution in [-0.4, -0.2) is 33.3 Å². The number of nitrogens with zero attached hydrogens (tertiary/aromatic N) is 3. The summed E-state index contributed by atoms with van der Waals surface area (Å²) < 4.78 is 7.89. The highest BCUT2D eigenvalue weighted by Crippen LogP contribution is 2.25. The zero-order valence-corrected chi connectivity index (χ0v) is 19.7. The van der Waals surface area contributed by atoms with Crippen molar-refractivity contribution >= 4 is 39.9 Å². The van der Waals surface area contributed by atoms with Crippen molar-refractivity contribution < 1.29 is 14.3 Å². The maximum Gasteiger partial charge on any atom is 0.339 e. The molecule has 34 heavy (non-hydrogen) atoms. The van der Waals surface area contributed by atoms with Crippen molar-refractivity contribution in [1.29, 1.82) is 0 Å². The normalized spacial score (nSPS) is 10.9. The molecule has 1 amide bonds. The molecule has 2 heterocycles. The number of fused-ring (bicyclic) bond motifs is 1. The monoisotopic (exact) mass is 478 g/mol. The van der Waals surface area contributed by atoms with Gasteiger partial charge < -0.3 is 14.6 Å². The number of halogens is 1. The summed E-state index contributed by atoms with van der Waals surface area (Å²) in [6, 6.07) is 14.1. The van der Waals surface area contributed by atoms with E-state index in [1.54, 1.807) is 30.5 Å². The van der Waals surface area contributed by atoms with Crippen LogP contribution in [0.4, 0.5) is 5.69 Å². The molecule has 0 saturated heterocycles. The van der Waals surface area contributed by atoms with E-state index < -0.39 is 11.9 Å². The van der Waals surface area contributed by atoms with Crippen molar-refractivity contribution in [3.63, 3.8) is 0 Å². The summed E-state index contributed by atoms with van der Waals surface area (Å²) in [4.78, 5) is 37.9. The number of carbonyl (C=O) groups is 2. The predicted molar refractivity (Wildman–Crippen MR) is 130 cm³/mol. The van der Waals surface area contributed by atoms with E-state index in [4.69, 9.17) is 16.3 Å². The van der Waals surface area contributed by atoms with Crippen LogP contribution < -0.4 is 10.9 Å². The Bertz CT molecular complexity index is 1470. The van der Waals surface area contributed by atoms with E-state index in [0.29, 0.717) is 22.6 Å². The number of benzene rings is 2. The Morgan fingerprint density at radius 2 is 1.76 bits per heavy atom. The molecule has 0 aliphatic heterocycles. The van der Waals surface area contributed by atoms with Gasteiger partial charge in [0, 0.05) is 28.3 Å². The molecule has 0 saturated carbocycles. The van der Waals surface area contributed by atoms with E-state index in [9.17, 15) is 14.4 Å². The van der Waals surface area contributed by atoms with Crippen LogP contribution >= 0.6 is 11.6 Å². The summed E-state index contributed by atoms with van der Waals surface area (Å²) >= 11 is 6.33. The Hall–Kier alpha value is -3.91. The van der Waals surface area contributed by atoms with Crippen molar-refractivity contribution in [3.05, 3.63) is 92.6 Å². The summed E-state index contributed by atoms with van der Waals surface area (Å²) in [6.45, 7) is 3.99. The van der Waals surface area contributed by atoms with Crippen LogP contribution in [0.3, 0.4) is 0 Å². The van der Waals surface area contributed by atoms with Gasteiger partial charge in [-0.05, 0) is 37.6 Å². The third-order valence-corrected chi connectivity index (χ3v) is 6.16. The molecule has 174 valence electrons. The fraction of sp³-hybridized carbons (Fsp3) is 0.200. The highest BCUT2D eigenvalue weighted by molar-refractivity contribution is 6.31. The third kappa shape index (κ3) is 4.32. The van der Waals surface area contributed by atoms with Gasteiger partial charge in [0.15, 0.2) is 0 Å². The molecule has 8 nitrogen and oxygen atoms in total. The molecule has 2 aromatic heterocycles. The topological polar surface area (TPSA) is 95.2 Å². The first-order valence-corrected chi connectivity index (χ1v) is 11.0. The Morgan fingerprint density at radius 3 is 2.50 bits per heavy atom. The van der Waals surface area contributed by atoms with Gasteiger partial charge in [0.2, 0.25) is 5.91 Å². The highest BCUT2D eigenvalue weighted by atomic mass is 35.5. The zero-order chi connectivity index (χ0) is 24.4. The minimum absolute atomic E-state index is 0.220. The van der Waals surface area contributed by atoms with E-state index in [2.05, 4.69) is 10.4 Å². The number of anilines is 1. The molecule has 4 rings (SSSR count). The molecule has 0 aliphatic carbocycles. The van der Waals surface area contributed by atoms with Crippen LogP contribution in [0.25, 0.3) is 10.8 Å². The lowest BCUT2D eigenvalue weighted by Gasteiger charge is -2.10. The summed E-state index contributed by atoms with van der Waals surface area (Å²) in [6.07, 6.45) is 1.60. The Labute approximate surface area is 200 Å². The largest absolute Gasteiger partial charge is 0.465 e. The molecule has 0 fully saturated rings. The van der Waals surface area contributed by atoms with Crippen LogP contribution in [0.1, 0.15) is 27.3 Å². The molecule has 1 N–H and O–H groups in total. The van der Waals surface area contributed by atoms with Crippen LogP contribution in [0.15, 0.2) is 59.5 Å². The van der Waals surface area contributed by atoms with Gasteiger partial charge in [-0.2, -0.15) is 5.10 Å². The number of hydrogen-bond acceptors (Lipinski definition) is 5. The number of carbonyl (C=O) groups excluding carboxylic acids is 2. The molecule has 0 bridgehead atoms. The summed E-state index contributed by atoms with van der Waals surface area (Å²) in [5, 5.41) is 8.75. The second-order valence-corrected chi connectivity index (χ2v) is 8.24. The van der Waals surface area contributed by atoms with E-state index >= 15 is 0 Å². The molecular weight excluding hydrogens is 456 g/mol. The van der Waals surface area contributed by atoms with E-state index in [-0.39, 0.29) is 17.7 Å². The maximum atomic E-state index is 13.3. The van der Waals surface area contributed by atoms with Gasteiger partial charge in [-0.3, -0.25) is 9.59 Å². The fourth-order valence-corrected chi connectivity index (χ4v) is 4.19. The quantitative estimate of drug-likeness (QED) is 0.423. The van der Waals surface area contributed by atoms with Crippen molar-refractivity contribution in [2.24, 2.45) is 0 Å². The average Bonchev–Trinajstić information content (AvgIpc) is 3.07. The maximum absolute atomic E-state index is 13.3. The molecule has 0 aliphatic rings. The van der Waals surface area contributed by atoms with Crippen LogP contribution in [-0.2, 0) is 22.6 Å². The van der Waals surface area contributed by atoms with Crippen molar-refractivity contribution in [2.45, 2.75) is 26.9 Å². The number of aryl methyl sites for hydroxylation is 2. The van der Waals surface area contributed by atoms with Gasteiger partial charge >= 0.3 is 5.97 Å². The molecule has 0 unspecified atom stereocenters. The molecule has 0 radical (unpaired) electrons. The molecule has 0 atom stereocenters. The van der Waals surface area contributed by atoms with E-state index in [0.717, 1.165) is 27.0 Å². The fourth-order valence-electron chi connectivity index (χ4n) is 4.00. The Kier molecular flexibility index (Phi) is 6.51. The Balaban J connectivity index is 1.64. The van der Waals surface area contributed by atoms with Gasteiger partial charge in [-0.1, -0.05) is 41.9 Å². The number of methoxy groups -OCH3 is 1. The number of nitrogens with one attached hydrogen (secondary N) is 1. The predicted octanol–water partition coefficient (Wildman–Crippen LogP) is 3.94. The number of para-hydroxylation sites is 1. The number of hydrogen-bond donors (Lipinski definition) is 1. The molecule has 9 heteroatoms. The van der Waals surface area contributed by atoms with E-state index in [1.807, 2.05) is 42.7 Å². The second kappa shape index (κ2) is 9.52. The first-order chi connectivity index (χ1) is 16.3. The van der Waals surface area contributed by atoms with Gasteiger partial charge in [0.25, 0.3) is 5.56 Å². The van der Waals surface area contributed by atoms with Gasteiger partial charge in [-0.25, -0.2) is 9.48 Å². The number of aromatic nitrogens is 3. The minimum atomic E-state index is -0.571. The van der Waals surface area contributed by atoms with Crippen molar-refractivity contribution in [2.75, 3.05) is 12.4 Å². The van der Waals surface area contributed by atoms with Crippen LogP contribution in [0.2, 0.25) is 5.02 Å². The lowest BCUT2D eigenvalue weighted by Crippen LogP contribution is -2.30. The second-order valence-electron chi connectivity index (χ2n) is 7.83. The summed E-state index contributed by atoms with van der Waals surface area (Å²) in [5.74, 6) is -1.06. The smallest absolute Gasteiger partial charge is 0.339 e. The summed E-state index contributed by atoms with van der Waals surface area (Å²) in [5.41, 5.74) is 2.74. The molecule has 4 aromatic rings. The van der Waals surface area contributed by atoms with Crippen molar-refractivity contribution in [3.8, 4) is 0 Å². The zero-order valence-electron chi connectivity index (χ0n) is 19.0. The first kappa shape index (κ1) is 23.3. The minimum Gasteiger partial charge on any atom is -0.465 e. The standard InChI is InChI=1S/C25H23ClN4O4/c1-15-19-12-27-30(14-22(31)28-21-11-7-5-9-18(21)25(33)34-3)24(32)23(19)16(2)29(15)13-17-8-4-6-10-20(17)26/h4-12H,13-14H2,1-3H3,(H,28,31). The van der Waals surface area contributed by atoms with E-state index in [1.165, 1.54) is 7.11 Å².